The van der Waals surface area contributed by atoms with Crippen LogP contribution in [0.5, 0.6) is 0 Å². The molecule has 108 valence electrons. The largest absolute Gasteiger partial charge is 0.319 e. The standard InChI is InChI=1S/C16H22ClN3/c1-11(10-18-4)9-16-12(2)19-20(13(16)3)15-7-5-14(17)6-8-15/h5-8,11,18H,9-10H2,1-4H3. The molecule has 0 spiro atoms. The minimum atomic E-state index is 0.597. The summed E-state index contributed by atoms with van der Waals surface area (Å²) in [6, 6.07) is 7.80. The Bertz CT molecular complexity index is 572. The van der Waals surface area contributed by atoms with Gasteiger partial charge in [0.05, 0.1) is 11.4 Å². The van der Waals surface area contributed by atoms with Crippen LogP contribution in [0.25, 0.3) is 5.69 Å². The van der Waals surface area contributed by atoms with Crippen LogP contribution in [-0.2, 0) is 6.42 Å². The molecule has 0 amide bonds. The van der Waals surface area contributed by atoms with E-state index in [2.05, 4.69) is 31.2 Å². The highest BCUT2D eigenvalue weighted by molar-refractivity contribution is 6.30. The van der Waals surface area contributed by atoms with E-state index in [1.165, 1.54) is 11.3 Å². The summed E-state index contributed by atoms with van der Waals surface area (Å²) in [4.78, 5) is 0. The number of nitrogens with one attached hydrogen (secondary N) is 1. The van der Waals surface area contributed by atoms with Crippen molar-refractivity contribution >= 4 is 11.6 Å². The fraction of sp³-hybridized carbons (Fsp3) is 0.438. The zero-order valence-corrected chi connectivity index (χ0v) is 13.3. The summed E-state index contributed by atoms with van der Waals surface area (Å²) < 4.78 is 2.01. The fourth-order valence-corrected chi connectivity index (χ4v) is 2.70. The van der Waals surface area contributed by atoms with Crippen molar-refractivity contribution in [1.82, 2.24) is 15.1 Å². The van der Waals surface area contributed by atoms with Gasteiger partial charge in [0.15, 0.2) is 0 Å². The zero-order chi connectivity index (χ0) is 14.7. The quantitative estimate of drug-likeness (QED) is 0.913. The predicted molar refractivity (Wildman–Crippen MR) is 84.8 cm³/mol. The van der Waals surface area contributed by atoms with Crippen LogP contribution in [0, 0.1) is 19.8 Å². The van der Waals surface area contributed by atoms with Crippen LogP contribution in [0.2, 0.25) is 5.02 Å². The van der Waals surface area contributed by atoms with Crippen molar-refractivity contribution in [1.29, 1.82) is 0 Å². The molecule has 1 aromatic carbocycles. The van der Waals surface area contributed by atoms with E-state index in [-0.39, 0.29) is 0 Å². The molecule has 0 bridgehead atoms. The topological polar surface area (TPSA) is 29.9 Å². The smallest absolute Gasteiger partial charge is 0.0649 e. The minimum Gasteiger partial charge on any atom is -0.319 e. The van der Waals surface area contributed by atoms with E-state index in [1.54, 1.807) is 0 Å². The van der Waals surface area contributed by atoms with Crippen molar-refractivity contribution in [2.45, 2.75) is 27.2 Å². The van der Waals surface area contributed by atoms with Gasteiger partial charge in [-0.2, -0.15) is 5.10 Å². The Hall–Kier alpha value is -1.32. The Kier molecular flexibility index (Phi) is 4.84. The third kappa shape index (κ3) is 3.22. The molecule has 0 aliphatic heterocycles. The Morgan fingerprint density at radius 3 is 2.50 bits per heavy atom. The molecule has 2 aromatic rings. The van der Waals surface area contributed by atoms with Crippen molar-refractivity contribution in [2.24, 2.45) is 5.92 Å². The molecular formula is C16H22ClN3. The Morgan fingerprint density at radius 2 is 1.90 bits per heavy atom. The number of hydrogen-bond donors (Lipinski definition) is 1. The van der Waals surface area contributed by atoms with Gasteiger partial charge in [-0.15, -0.1) is 0 Å². The normalized spacial score (nSPS) is 12.7. The molecule has 0 fully saturated rings. The van der Waals surface area contributed by atoms with Gasteiger partial charge in [0.1, 0.15) is 0 Å². The highest BCUT2D eigenvalue weighted by Gasteiger charge is 2.15. The maximum Gasteiger partial charge on any atom is 0.0649 e. The molecule has 0 radical (unpaired) electrons. The lowest BCUT2D eigenvalue weighted by Crippen LogP contribution is -2.18. The van der Waals surface area contributed by atoms with Crippen molar-refractivity contribution in [3.05, 3.63) is 46.2 Å². The third-order valence-electron chi connectivity index (χ3n) is 3.62. The van der Waals surface area contributed by atoms with Gasteiger partial charge in [-0.25, -0.2) is 4.68 Å². The van der Waals surface area contributed by atoms with Crippen LogP contribution in [0.15, 0.2) is 24.3 Å². The molecule has 20 heavy (non-hydrogen) atoms. The molecule has 1 atom stereocenters. The highest BCUT2D eigenvalue weighted by atomic mass is 35.5. The first-order valence-electron chi connectivity index (χ1n) is 6.98. The van der Waals surface area contributed by atoms with Crippen LogP contribution >= 0.6 is 11.6 Å². The summed E-state index contributed by atoms with van der Waals surface area (Å²) in [5.41, 5.74) is 4.73. The summed E-state index contributed by atoms with van der Waals surface area (Å²) in [6.07, 6.45) is 1.05. The number of aryl methyl sites for hydroxylation is 1. The minimum absolute atomic E-state index is 0.597. The van der Waals surface area contributed by atoms with E-state index in [4.69, 9.17) is 11.6 Å². The average molecular weight is 292 g/mol. The number of aromatic nitrogens is 2. The molecule has 0 saturated carbocycles. The molecule has 4 heteroatoms. The molecule has 1 unspecified atom stereocenters. The lowest BCUT2D eigenvalue weighted by atomic mass is 9.99. The number of benzene rings is 1. The molecule has 2 rings (SSSR count). The summed E-state index contributed by atoms with van der Waals surface area (Å²) in [7, 11) is 1.99. The van der Waals surface area contributed by atoms with E-state index >= 15 is 0 Å². The van der Waals surface area contributed by atoms with Crippen LogP contribution in [0.3, 0.4) is 0 Å². The van der Waals surface area contributed by atoms with Crippen LogP contribution in [0.4, 0.5) is 0 Å². The first-order valence-corrected chi connectivity index (χ1v) is 7.36. The van der Waals surface area contributed by atoms with Crippen LogP contribution < -0.4 is 5.32 Å². The Labute approximate surface area is 126 Å². The number of halogens is 1. The lowest BCUT2D eigenvalue weighted by molar-refractivity contribution is 0.539. The maximum absolute atomic E-state index is 5.94. The Morgan fingerprint density at radius 1 is 1.25 bits per heavy atom. The van der Waals surface area contributed by atoms with E-state index in [0.29, 0.717) is 5.92 Å². The van der Waals surface area contributed by atoms with E-state index < -0.39 is 0 Å². The van der Waals surface area contributed by atoms with Gasteiger partial charge in [-0.3, -0.25) is 0 Å². The van der Waals surface area contributed by atoms with E-state index in [1.807, 2.05) is 36.0 Å². The monoisotopic (exact) mass is 291 g/mol. The number of rotatable bonds is 5. The highest BCUT2D eigenvalue weighted by Crippen LogP contribution is 2.21. The molecule has 3 nitrogen and oxygen atoms in total. The van der Waals surface area contributed by atoms with Gasteiger partial charge in [0, 0.05) is 10.7 Å². The molecule has 1 heterocycles. The fourth-order valence-electron chi connectivity index (χ4n) is 2.57. The second-order valence-electron chi connectivity index (χ2n) is 5.40. The zero-order valence-electron chi connectivity index (χ0n) is 12.6. The Balaban J connectivity index is 2.31. The maximum atomic E-state index is 5.94. The molecular weight excluding hydrogens is 270 g/mol. The summed E-state index contributed by atoms with van der Waals surface area (Å²) in [6.45, 7) is 7.50. The summed E-state index contributed by atoms with van der Waals surface area (Å²) >= 11 is 5.94. The second kappa shape index (κ2) is 6.42. The van der Waals surface area contributed by atoms with Gasteiger partial charge in [0.25, 0.3) is 0 Å². The third-order valence-corrected chi connectivity index (χ3v) is 3.87. The number of nitrogens with zero attached hydrogens (tertiary/aromatic N) is 2. The summed E-state index contributed by atoms with van der Waals surface area (Å²) in [5, 5.41) is 8.65. The van der Waals surface area contributed by atoms with Crippen molar-refractivity contribution < 1.29 is 0 Å². The molecule has 1 aromatic heterocycles. The van der Waals surface area contributed by atoms with E-state index in [9.17, 15) is 0 Å². The van der Waals surface area contributed by atoms with Gasteiger partial charge >= 0.3 is 0 Å². The first-order chi connectivity index (χ1) is 9.52. The van der Waals surface area contributed by atoms with Gasteiger partial charge in [-0.1, -0.05) is 18.5 Å². The molecule has 1 N–H and O–H groups in total. The predicted octanol–water partition coefficient (Wildman–Crippen LogP) is 3.54. The lowest BCUT2D eigenvalue weighted by Gasteiger charge is -2.11. The molecule has 0 aliphatic carbocycles. The first kappa shape index (κ1) is 15.1. The average Bonchev–Trinajstić information content (AvgIpc) is 2.68. The SMILES string of the molecule is CNCC(C)Cc1c(C)nn(-c2ccc(Cl)cc2)c1C. The van der Waals surface area contributed by atoms with Gasteiger partial charge < -0.3 is 5.32 Å². The van der Waals surface area contributed by atoms with Crippen molar-refractivity contribution in [3.8, 4) is 5.69 Å². The molecule has 0 aliphatic rings. The molecule has 0 saturated heterocycles. The summed E-state index contributed by atoms with van der Waals surface area (Å²) in [5.74, 6) is 0.597. The van der Waals surface area contributed by atoms with Crippen LogP contribution in [-0.4, -0.2) is 23.4 Å². The second-order valence-corrected chi connectivity index (χ2v) is 5.84. The van der Waals surface area contributed by atoms with Gasteiger partial charge in [-0.05, 0) is 69.6 Å². The van der Waals surface area contributed by atoms with Crippen molar-refractivity contribution in [2.75, 3.05) is 13.6 Å². The van der Waals surface area contributed by atoms with Crippen molar-refractivity contribution in [3.63, 3.8) is 0 Å². The van der Waals surface area contributed by atoms with Gasteiger partial charge in [0.2, 0.25) is 0 Å². The number of hydrogen-bond acceptors (Lipinski definition) is 2. The van der Waals surface area contributed by atoms with E-state index in [0.717, 1.165) is 29.4 Å². The van der Waals surface area contributed by atoms with Crippen LogP contribution in [0.1, 0.15) is 23.9 Å².